The first-order chi connectivity index (χ1) is 13.0. The van der Waals surface area contributed by atoms with Crippen LogP contribution in [0.15, 0.2) is 48.5 Å². The standard InChI is InChI=1S/C25H28O2/c1-25(2,3)21-13-17-7-9-19-15-22(27-12-6-4-5-11-26)16-20-10-8-18(14-21)23(17)24(19)20/h7-10,13-16,26H,4-6,11-12H2,1-3H3. The van der Waals surface area contributed by atoms with Gasteiger partial charge >= 0.3 is 0 Å². The van der Waals surface area contributed by atoms with Crippen molar-refractivity contribution < 1.29 is 9.84 Å². The largest absolute Gasteiger partial charge is 0.494 e. The lowest BCUT2D eigenvalue weighted by atomic mass is 9.83. The number of aliphatic hydroxyl groups is 1. The average Bonchev–Trinajstić information content (AvgIpc) is 2.64. The fraction of sp³-hybridized carbons (Fsp3) is 0.360. The molecule has 0 atom stereocenters. The van der Waals surface area contributed by atoms with Crippen molar-refractivity contribution in [3.05, 3.63) is 54.1 Å². The summed E-state index contributed by atoms with van der Waals surface area (Å²) in [6.45, 7) is 7.76. The molecule has 0 fully saturated rings. The fourth-order valence-corrected chi connectivity index (χ4v) is 3.91. The highest BCUT2D eigenvalue weighted by Gasteiger charge is 2.17. The van der Waals surface area contributed by atoms with E-state index in [2.05, 4.69) is 69.3 Å². The van der Waals surface area contributed by atoms with Gasteiger partial charge in [-0.25, -0.2) is 0 Å². The molecule has 0 aliphatic carbocycles. The van der Waals surface area contributed by atoms with Crippen LogP contribution in [0.3, 0.4) is 0 Å². The number of hydrogen-bond donors (Lipinski definition) is 1. The van der Waals surface area contributed by atoms with Crippen LogP contribution in [0, 0.1) is 0 Å². The van der Waals surface area contributed by atoms with E-state index in [1.165, 1.54) is 37.9 Å². The van der Waals surface area contributed by atoms with Crippen molar-refractivity contribution in [1.29, 1.82) is 0 Å². The highest BCUT2D eigenvalue weighted by atomic mass is 16.5. The Hall–Kier alpha value is -2.32. The summed E-state index contributed by atoms with van der Waals surface area (Å²) >= 11 is 0. The molecular formula is C25H28O2. The van der Waals surface area contributed by atoms with Crippen molar-refractivity contribution in [3.63, 3.8) is 0 Å². The maximum Gasteiger partial charge on any atom is 0.120 e. The maximum absolute atomic E-state index is 8.87. The Balaban J connectivity index is 1.76. The molecule has 2 nitrogen and oxygen atoms in total. The van der Waals surface area contributed by atoms with Gasteiger partial charge in [0.1, 0.15) is 5.75 Å². The molecule has 4 aromatic carbocycles. The third kappa shape index (κ3) is 3.46. The monoisotopic (exact) mass is 360 g/mol. The topological polar surface area (TPSA) is 29.5 Å². The highest BCUT2D eigenvalue weighted by Crippen LogP contribution is 2.39. The van der Waals surface area contributed by atoms with E-state index in [0.717, 1.165) is 25.0 Å². The minimum absolute atomic E-state index is 0.140. The van der Waals surface area contributed by atoms with E-state index >= 15 is 0 Å². The third-order valence-corrected chi connectivity index (χ3v) is 5.44. The number of aliphatic hydroxyl groups excluding tert-OH is 1. The second-order valence-corrected chi connectivity index (χ2v) is 8.56. The Kier molecular flexibility index (Phi) is 4.69. The van der Waals surface area contributed by atoms with E-state index in [1.54, 1.807) is 0 Å². The zero-order chi connectivity index (χ0) is 19.0. The van der Waals surface area contributed by atoms with Gasteiger partial charge in [0.15, 0.2) is 0 Å². The number of ether oxygens (including phenoxy) is 1. The highest BCUT2D eigenvalue weighted by molar-refractivity contribution is 6.23. The molecule has 4 rings (SSSR count). The summed E-state index contributed by atoms with van der Waals surface area (Å²) in [4.78, 5) is 0. The van der Waals surface area contributed by atoms with Crippen LogP contribution in [0.1, 0.15) is 45.6 Å². The van der Waals surface area contributed by atoms with Crippen LogP contribution in [0.2, 0.25) is 0 Å². The van der Waals surface area contributed by atoms with E-state index < -0.39 is 0 Å². The quantitative estimate of drug-likeness (QED) is 0.317. The summed E-state index contributed by atoms with van der Waals surface area (Å²) in [6, 6.07) is 17.9. The first-order valence-electron chi connectivity index (χ1n) is 9.94. The van der Waals surface area contributed by atoms with Gasteiger partial charge < -0.3 is 9.84 Å². The second-order valence-electron chi connectivity index (χ2n) is 8.56. The molecule has 0 heterocycles. The third-order valence-electron chi connectivity index (χ3n) is 5.44. The molecule has 0 unspecified atom stereocenters. The molecule has 140 valence electrons. The van der Waals surface area contributed by atoms with Crippen molar-refractivity contribution in [2.75, 3.05) is 13.2 Å². The Morgan fingerprint density at radius 3 is 1.74 bits per heavy atom. The summed E-state index contributed by atoms with van der Waals surface area (Å²) in [7, 11) is 0. The van der Waals surface area contributed by atoms with Crippen LogP contribution in [0.25, 0.3) is 32.3 Å². The molecule has 0 radical (unpaired) electrons. The predicted molar refractivity (Wildman–Crippen MR) is 115 cm³/mol. The number of rotatable bonds is 6. The van der Waals surface area contributed by atoms with Crippen molar-refractivity contribution in [1.82, 2.24) is 0 Å². The van der Waals surface area contributed by atoms with Crippen LogP contribution >= 0.6 is 0 Å². The van der Waals surface area contributed by atoms with Gasteiger partial charge in [0.2, 0.25) is 0 Å². The SMILES string of the molecule is CC(C)(C)c1cc2ccc3cc(OCCCCCO)cc4ccc(c1)c2c34. The van der Waals surface area contributed by atoms with E-state index in [-0.39, 0.29) is 12.0 Å². The van der Waals surface area contributed by atoms with Crippen molar-refractivity contribution >= 4 is 32.3 Å². The van der Waals surface area contributed by atoms with Gasteiger partial charge in [0.05, 0.1) is 6.61 Å². The Morgan fingerprint density at radius 2 is 1.26 bits per heavy atom. The maximum atomic E-state index is 8.87. The molecule has 2 heteroatoms. The van der Waals surface area contributed by atoms with E-state index in [1.807, 2.05) is 0 Å². The first-order valence-corrected chi connectivity index (χ1v) is 9.94. The number of hydrogen-bond acceptors (Lipinski definition) is 2. The summed E-state index contributed by atoms with van der Waals surface area (Å²) < 4.78 is 5.98. The van der Waals surface area contributed by atoms with E-state index in [4.69, 9.17) is 9.84 Å². The molecule has 0 saturated heterocycles. The van der Waals surface area contributed by atoms with Crippen LogP contribution in [-0.2, 0) is 5.41 Å². The van der Waals surface area contributed by atoms with Gasteiger partial charge in [-0.3, -0.25) is 0 Å². The second kappa shape index (κ2) is 7.01. The molecule has 0 aromatic heterocycles. The molecule has 4 aromatic rings. The molecule has 0 bridgehead atoms. The van der Waals surface area contributed by atoms with Crippen molar-refractivity contribution in [3.8, 4) is 5.75 Å². The minimum atomic E-state index is 0.140. The number of unbranched alkanes of at least 4 members (excludes halogenated alkanes) is 2. The van der Waals surface area contributed by atoms with Gasteiger partial charge in [-0.15, -0.1) is 0 Å². The minimum Gasteiger partial charge on any atom is -0.494 e. The van der Waals surface area contributed by atoms with Gasteiger partial charge in [0.25, 0.3) is 0 Å². The van der Waals surface area contributed by atoms with Crippen LogP contribution in [0.5, 0.6) is 5.75 Å². The molecule has 1 N–H and O–H groups in total. The van der Waals surface area contributed by atoms with Crippen LogP contribution in [-0.4, -0.2) is 18.3 Å². The normalized spacial score (nSPS) is 12.4. The molecule has 0 saturated carbocycles. The predicted octanol–water partition coefficient (Wildman–Crippen LogP) is 6.42. The van der Waals surface area contributed by atoms with E-state index in [9.17, 15) is 0 Å². The summed E-state index contributed by atoms with van der Waals surface area (Å²) in [6.07, 6.45) is 2.82. The van der Waals surface area contributed by atoms with Gasteiger partial charge in [-0.1, -0.05) is 57.2 Å². The Bertz CT molecular complexity index is 1010. The lowest BCUT2D eigenvalue weighted by Gasteiger charge is -2.21. The lowest BCUT2D eigenvalue weighted by molar-refractivity contribution is 0.266. The van der Waals surface area contributed by atoms with Crippen molar-refractivity contribution in [2.24, 2.45) is 0 Å². The molecule has 27 heavy (non-hydrogen) atoms. The summed E-state index contributed by atoms with van der Waals surface area (Å²) in [5, 5.41) is 16.7. The van der Waals surface area contributed by atoms with Gasteiger partial charge in [-0.2, -0.15) is 0 Å². The van der Waals surface area contributed by atoms with Gasteiger partial charge in [0, 0.05) is 6.61 Å². The van der Waals surface area contributed by atoms with Crippen LogP contribution in [0.4, 0.5) is 0 Å². The Morgan fingerprint density at radius 1 is 0.741 bits per heavy atom. The zero-order valence-corrected chi connectivity index (χ0v) is 16.5. The zero-order valence-electron chi connectivity index (χ0n) is 16.5. The van der Waals surface area contributed by atoms with Crippen LogP contribution < -0.4 is 4.74 Å². The molecular weight excluding hydrogens is 332 g/mol. The average molecular weight is 360 g/mol. The number of benzene rings is 4. The smallest absolute Gasteiger partial charge is 0.120 e. The first kappa shape index (κ1) is 18.1. The van der Waals surface area contributed by atoms with E-state index in [0.29, 0.717) is 6.61 Å². The fourth-order valence-electron chi connectivity index (χ4n) is 3.91. The van der Waals surface area contributed by atoms with Gasteiger partial charge in [-0.05, 0) is 74.7 Å². The molecule has 0 aliphatic heterocycles. The molecule has 0 spiro atoms. The lowest BCUT2D eigenvalue weighted by Crippen LogP contribution is -2.10. The summed E-state index contributed by atoms with van der Waals surface area (Å²) in [5.41, 5.74) is 1.52. The molecule has 0 amide bonds. The Labute approximate surface area is 161 Å². The molecule has 0 aliphatic rings. The summed E-state index contributed by atoms with van der Waals surface area (Å²) in [5.74, 6) is 0.931. The van der Waals surface area contributed by atoms with Crippen molar-refractivity contribution in [2.45, 2.75) is 45.4 Å².